The van der Waals surface area contributed by atoms with Crippen molar-refractivity contribution in [3.63, 3.8) is 0 Å². The van der Waals surface area contributed by atoms with E-state index < -0.39 is 53.5 Å². The normalized spacial score (nSPS) is 37.3. The molecule has 1 saturated heterocycles. The number of ketones is 1. The zero-order valence-corrected chi connectivity index (χ0v) is 18.0. The largest absolute Gasteiger partial charge is 0.458 e. The highest BCUT2D eigenvalue weighted by Gasteiger charge is 2.65. The summed E-state index contributed by atoms with van der Waals surface area (Å²) in [4.78, 5) is 50.4. The third kappa shape index (κ3) is 3.20. The average molecular weight is 416 g/mol. The third-order valence-corrected chi connectivity index (χ3v) is 6.57. The number of hydrogen-bond donors (Lipinski definition) is 0. The highest BCUT2D eigenvalue weighted by atomic mass is 16.6. The summed E-state index contributed by atoms with van der Waals surface area (Å²) in [6.07, 6.45) is 0.473. The van der Waals surface area contributed by atoms with E-state index in [4.69, 9.17) is 14.2 Å². The lowest BCUT2D eigenvalue weighted by Crippen LogP contribution is -2.49. The molecule has 0 aromatic carbocycles. The molecule has 0 spiro atoms. The molecule has 0 aromatic rings. The summed E-state index contributed by atoms with van der Waals surface area (Å²) >= 11 is 0. The smallest absolute Gasteiger partial charge is 0.334 e. The van der Waals surface area contributed by atoms with Crippen LogP contribution in [0.3, 0.4) is 0 Å². The summed E-state index contributed by atoms with van der Waals surface area (Å²) in [6, 6.07) is 0. The van der Waals surface area contributed by atoms with E-state index in [0.717, 1.165) is 0 Å². The van der Waals surface area contributed by atoms with Gasteiger partial charge in [-0.25, -0.2) is 9.59 Å². The molecular formula is C23H28O7. The lowest BCUT2D eigenvalue weighted by atomic mass is 9.67. The first-order valence-electron chi connectivity index (χ1n) is 10.1. The van der Waals surface area contributed by atoms with E-state index in [1.807, 2.05) is 6.92 Å². The first-order chi connectivity index (χ1) is 13.9. The van der Waals surface area contributed by atoms with Gasteiger partial charge in [0.05, 0.1) is 17.3 Å². The Kier molecular flexibility index (Phi) is 5.52. The highest BCUT2D eigenvalue weighted by molar-refractivity contribution is 5.99. The van der Waals surface area contributed by atoms with Gasteiger partial charge in [0.15, 0.2) is 5.78 Å². The van der Waals surface area contributed by atoms with Crippen LogP contribution in [0.1, 0.15) is 34.6 Å². The Hall–Kier alpha value is -2.70. The lowest BCUT2D eigenvalue weighted by molar-refractivity contribution is -0.171. The molecule has 0 amide bonds. The van der Waals surface area contributed by atoms with Crippen molar-refractivity contribution < 1.29 is 33.4 Å². The minimum absolute atomic E-state index is 0.0962. The van der Waals surface area contributed by atoms with Crippen LogP contribution < -0.4 is 0 Å². The topological polar surface area (TPSA) is 96.0 Å². The predicted molar refractivity (Wildman–Crippen MR) is 107 cm³/mol. The van der Waals surface area contributed by atoms with Crippen LogP contribution in [0.5, 0.6) is 0 Å². The SMILES string of the molecule is C=C(C)C(=O)OC1C2C(=C)C(=O)OC2C(OC(=O)C(C)C)C(C)C2C=CC(=O)C21C. The van der Waals surface area contributed by atoms with Gasteiger partial charge in [0.1, 0.15) is 18.3 Å². The Labute approximate surface area is 176 Å². The van der Waals surface area contributed by atoms with Crippen molar-refractivity contribution in [3.05, 3.63) is 36.5 Å². The van der Waals surface area contributed by atoms with Gasteiger partial charge in [0.2, 0.25) is 0 Å². The number of rotatable bonds is 4. The van der Waals surface area contributed by atoms with Crippen molar-refractivity contribution >= 4 is 23.7 Å². The molecule has 0 radical (unpaired) electrons. The van der Waals surface area contributed by atoms with Crippen LogP contribution in [0.2, 0.25) is 0 Å². The van der Waals surface area contributed by atoms with E-state index in [2.05, 4.69) is 13.2 Å². The summed E-state index contributed by atoms with van der Waals surface area (Å²) in [5.74, 6) is -3.96. The third-order valence-electron chi connectivity index (χ3n) is 6.57. The van der Waals surface area contributed by atoms with Crippen LogP contribution in [-0.4, -0.2) is 42.0 Å². The fraction of sp³-hybridized carbons (Fsp3) is 0.565. The monoisotopic (exact) mass is 416 g/mol. The molecule has 162 valence electrons. The van der Waals surface area contributed by atoms with Gasteiger partial charge in [-0.05, 0) is 25.8 Å². The molecule has 0 bridgehead atoms. The van der Waals surface area contributed by atoms with Gasteiger partial charge >= 0.3 is 17.9 Å². The van der Waals surface area contributed by atoms with Crippen LogP contribution in [0.4, 0.5) is 0 Å². The quantitative estimate of drug-likeness (QED) is 0.395. The first-order valence-corrected chi connectivity index (χ1v) is 10.1. The van der Waals surface area contributed by atoms with Crippen LogP contribution in [0, 0.1) is 29.1 Å². The maximum absolute atomic E-state index is 13.0. The zero-order chi connectivity index (χ0) is 22.5. The Balaban J connectivity index is 2.15. The molecule has 1 aliphatic heterocycles. The molecule has 1 saturated carbocycles. The van der Waals surface area contributed by atoms with Crippen molar-refractivity contribution in [2.75, 3.05) is 0 Å². The number of hydrogen-bond acceptors (Lipinski definition) is 7. The van der Waals surface area contributed by atoms with Crippen LogP contribution in [0.15, 0.2) is 36.5 Å². The van der Waals surface area contributed by atoms with Crippen molar-refractivity contribution in [3.8, 4) is 0 Å². The fourth-order valence-corrected chi connectivity index (χ4v) is 4.75. The molecule has 7 atom stereocenters. The molecule has 2 fully saturated rings. The van der Waals surface area contributed by atoms with E-state index in [1.165, 1.54) is 13.0 Å². The fourth-order valence-electron chi connectivity index (χ4n) is 4.75. The molecule has 7 nitrogen and oxygen atoms in total. The number of ether oxygens (including phenoxy) is 3. The maximum Gasteiger partial charge on any atom is 0.334 e. The summed E-state index contributed by atoms with van der Waals surface area (Å²) in [5.41, 5.74) is -0.900. The van der Waals surface area contributed by atoms with Crippen molar-refractivity contribution in [1.82, 2.24) is 0 Å². The number of allylic oxidation sites excluding steroid dienone is 2. The second-order valence-electron chi connectivity index (χ2n) is 8.97. The van der Waals surface area contributed by atoms with E-state index in [9.17, 15) is 19.2 Å². The second-order valence-corrected chi connectivity index (χ2v) is 8.97. The second kappa shape index (κ2) is 7.52. The Bertz CT molecular complexity index is 867. The van der Waals surface area contributed by atoms with Crippen molar-refractivity contribution in [2.45, 2.75) is 52.9 Å². The number of esters is 3. The predicted octanol–water partition coefficient (Wildman–Crippen LogP) is 2.55. The standard InChI is InChI=1S/C23H28O7/c1-10(2)20(25)28-17-12(5)14-8-9-15(24)23(14,7)19(30-21(26)11(3)4)16-13(6)22(27)29-18(16)17/h8-10,12,14,16-19H,3,6H2,1-2,4-5,7H3. The van der Waals surface area contributed by atoms with Gasteiger partial charge in [-0.3, -0.25) is 9.59 Å². The van der Waals surface area contributed by atoms with Crippen molar-refractivity contribution in [2.24, 2.45) is 29.1 Å². The lowest BCUT2D eigenvalue weighted by Gasteiger charge is -2.39. The molecular weight excluding hydrogens is 388 g/mol. The highest BCUT2D eigenvalue weighted by Crippen LogP contribution is 2.55. The summed E-state index contributed by atoms with van der Waals surface area (Å²) < 4.78 is 17.1. The Morgan fingerprint density at radius 3 is 2.43 bits per heavy atom. The molecule has 3 rings (SSSR count). The molecule has 2 aliphatic carbocycles. The molecule has 0 aromatic heterocycles. The summed E-state index contributed by atoms with van der Waals surface area (Å²) in [5, 5.41) is 0. The molecule has 7 heteroatoms. The van der Waals surface area contributed by atoms with E-state index in [0.29, 0.717) is 0 Å². The molecule has 7 unspecified atom stereocenters. The van der Waals surface area contributed by atoms with E-state index >= 15 is 0 Å². The van der Waals surface area contributed by atoms with Gasteiger partial charge in [-0.2, -0.15) is 0 Å². The van der Waals surface area contributed by atoms with Crippen LogP contribution >= 0.6 is 0 Å². The number of carbonyl (C=O) groups excluding carboxylic acids is 4. The van der Waals surface area contributed by atoms with Crippen molar-refractivity contribution in [1.29, 1.82) is 0 Å². The minimum atomic E-state index is -1.16. The van der Waals surface area contributed by atoms with Gasteiger partial charge in [0.25, 0.3) is 0 Å². The van der Waals surface area contributed by atoms with Gasteiger partial charge < -0.3 is 14.2 Å². The van der Waals surface area contributed by atoms with Gasteiger partial charge in [-0.15, -0.1) is 0 Å². The minimum Gasteiger partial charge on any atom is -0.458 e. The Morgan fingerprint density at radius 2 is 1.87 bits per heavy atom. The summed E-state index contributed by atoms with van der Waals surface area (Å²) in [7, 11) is 0. The molecule has 3 aliphatic rings. The number of fused-ring (bicyclic) bond motifs is 2. The maximum atomic E-state index is 13.0. The zero-order valence-electron chi connectivity index (χ0n) is 18.0. The van der Waals surface area contributed by atoms with Crippen LogP contribution in [0.25, 0.3) is 0 Å². The van der Waals surface area contributed by atoms with E-state index in [1.54, 1.807) is 26.8 Å². The van der Waals surface area contributed by atoms with Gasteiger partial charge in [0, 0.05) is 17.1 Å². The molecule has 30 heavy (non-hydrogen) atoms. The first kappa shape index (κ1) is 22.0. The molecule has 0 N–H and O–H groups in total. The summed E-state index contributed by atoms with van der Waals surface area (Å²) in [6.45, 7) is 15.9. The van der Waals surface area contributed by atoms with Crippen LogP contribution in [-0.2, 0) is 33.4 Å². The van der Waals surface area contributed by atoms with E-state index in [-0.39, 0.29) is 28.8 Å². The van der Waals surface area contributed by atoms with Gasteiger partial charge in [-0.1, -0.05) is 40.0 Å². The Morgan fingerprint density at radius 1 is 1.23 bits per heavy atom. The molecule has 1 heterocycles. The average Bonchev–Trinajstić information content (AvgIpc) is 3.11. The number of carbonyl (C=O) groups is 4.